The average Bonchev–Trinajstić information content (AvgIpc) is 2.36. The molecule has 0 aromatic carbocycles. The topological polar surface area (TPSA) is 20.3 Å². The molecular weight excluding hydrogens is 210 g/mol. The van der Waals surface area contributed by atoms with E-state index in [1.54, 1.807) is 0 Å². The molecule has 0 unspecified atom stereocenters. The summed E-state index contributed by atoms with van der Waals surface area (Å²) in [6.45, 7) is 9.47. The molecule has 0 saturated carbocycles. The minimum absolute atomic E-state index is 0.0652. The van der Waals surface area contributed by atoms with Crippen LogP contribution in [0, 0.1) is 0 Å². The van der Waals surface area contributed by atoms with Crippen molar-refractivity contribution in [2.24, 2.45) is 0 Å². The summed E-state index contributed by atoms with van der Waals surface area (Å²) in [5, 5.41) is 0. The third kappa shape index (κ3) is 8.96. The van der Waals surface area contributed by atoms with Crippen molar-refractivity contribution in [3.8, 4) is 0 Å². The van der Waals surface area contributed by atoms with Gasteiger partial charge in [0.2, 0.25) is 5.91 Å². The monoisotopic (exact) mass is 239 g/mol. The second kappa shape index (κ2) is 11.7. The van der Waals surface area contributed by atoms with Crippen LogP contribution < -0.4 is 0 Å². The molecule has 0 aliphatic carbocycles. The highest BCUT2D eigenvalue weighted by molar-refractivity contribution is 5.86. The lowest BCUT2D eigenvalue weighted by Gasteiger charge is -2.18. The van der Waals surface area contributed by atoms with Gasteiger partial charge in [0, 0.05) is 13.1 Å². The molecule has 100 valence electrons. The van der Waals surface area contributed by atoms with E-state index in [4.69, 9.17) is 0 Å². The van der Waals surface area contributed by atoms with E-state index in [1.165, 1.54) is 51.0 Å². The normalized spacial score (nSPS) is 10.2. The van der Waals surface area contributed by atoms with Gasteiger partial charge < -0.3 is 4.90 Å². The van der Waals surface area contributed by atoms with Gasteiger partial charge in [-0.3, -0.25) is 4.79 Å². The van der Waals surface area contributed by atoms with E-state index in [0.29, 0.717) is 0 Å². The maximum atomic E-state index is 11.4. The van der Waals surface area contributed by atoms with Crippen molar-refractivity contribution < 1.29 is 4.79 Å². The van der Waals surface area contributed by atoms with Crippen LogP contribution in [0.25, 0.3) is 0 Å². The van der Waals surface area contributed by atoms with Crippen LogP contribution >= 0.6 is 0 Å². The summed E-state index contributed by atoms with van der Waals surface area (Å²) < 4.78 is 0. The first-order valence-electron chi connectivity index (χ1n) is 7.17. The first-order valence-corrected chi connectivity index (χ1v) is 7.17. The van der Waals surface area contributed by atoms with Crippen molar-refractivity contribution in [2.75, 3.05) is 13.1 Å². The van der Waals surface area contributed by atoms with Gasteiger partial charge in [0.15, 0.2) is 0 Å². The molecule has 0 aliphatic rings. The van der Waals surface area contributed by atoms with Gasteiger partial charge in [0.1, 0.15) is 0 Å². The molecular formula is C15H29NO. The predicted molar refractivity (Wildman–Crippen MR) is 75.1 cm³/mol. The molecule has 0 fully saturated rings. The largest absolute Gasteiger partial charge is 0.339 e. The molecule has 0 radical (unpaired) electrons. The summed E-state index contributed by atoms with van der Waals surface area (Å²) in [6.07, 6.45) is 11.9. The fraction of sp³-hybridized carbons (Fsp3) is 0.800. The molecule has 0 saturated heterocycles. The highest BCUT2D eigenvalue weighted by Crippen LogP contribution is 2.08. The van der Waals surface area contributed by atoms with Crippen LogP contribution in [0.2, 0.25) is 0 Å². The zero-order valence-electron chi connectivity index (χ0n) is 11.7. The Labute approximate surface area is 107 Å². The van der Waals surface area contributed by atoms with Crippen molar-refractivity contribution in [1.29, 1.82) is 0 Å². The molecule has 0 aromatic rings. The van der Waals surface area contributed by atoms with Crippen LogP contribution in [0.3, 0.4) is 0 Å². The number of likely N-dealkylation sites (N-methyl/N-ethyl adjacent to an activating group) is 1. The summed E-state index contributed by atoms with van der Waals surface area (Å²) in [4.78, 5) is 13.3. The quantitative estimate of drug-likeness (QED) is 0.391. The number of amides is 1. The third-order valence-electron chi connectivity index (χ3n) is 3.15. The summed E-state index contributed by atoms with van der Waals surface area (Å²) in [7, 11) is 0. The fourth-order valence-electron chi connectivity index (χ4n) is 1.99. The van der Waals surface area contributed by atoms with Crippen LogP contribution in [0.5, 0.6) is 0 Å². The van der Waals surface area contributed by atoms with Gasteiger partial charge in [-0.1, -0.05) is 58.4 Å². The highest BCUT2D eigenvalue weighted by Gasteiger charge is 2.05. The molecule has 0 rings (SSSR count). The van der Waals surface area contributed by atoms with E-state index in [2.05, 4.69) is 13.5 Å². The summed E-state index contributed by atoms with van der Waals surface area (Å²) in [5.74, 6) is 0.0652. The van der Waals surface area contributed by atoms with E-state index in [9.17, 15) is 4.79 Å². The van der Waals surface area contributed by atoms with Crippen LogP contribution in [0.4, 0.5) is 0 Å². The number of hydrogen-bond acceptors (Lipinski definition) is 1. The number of hydrogen-bond donors (Lipinski definition) is 0. The second-order valence-electron chi connectivity index (χ2n) is 4.60. The summed E-state index contributed by atoms with van der Waals surface area (Å²) in [6, 6.07) is 0. The number of carbonyl (C=O) groups excluding carboxylic acids is 1. The zero-order chi connectivity index (χ0) is 12.9. The first-order chi connectivity index (χ1) is 8.26. The molecule has 0 bridgehead atoms. The molecule has 2 nitrogen and oxygen atoms in total. The number of nitrogens with zero attached hydrogens (tertiary/aromatic N) is 1. The van der Waals surface area contributed by atoms with Crippen LogP contribution in [-0.4, -0.2) is 23.9 Å². The van der Waals surface area contributed by atoms with Crippen molar-refractivity contribution in [1.82, 2.24) is 4.90 Å². The average molecular weight is 239 g/mol. The Morgan fingerprint density at radius 3 is 2.00 bits per heavy atom. The highest BCUT2D eigenvalue weighted by atomic mass is 16.2. The second-order valence-corrected chi connectivity index (χ2v) is 4.60. The number of unbranched alkanes of at least 4 members (excludes halogenated alkanes) is 7. The van der Waals surface area contributed by atoms with E-state index in [-0.39, 0.29) is 5.91 Å². The molecule has 0 aliphatic heterocycles. The van der Waals surface area contributed by atoms with Gasteiger partial charge in [-0.15, -0.1) is 0 Å². The Morgan fingerprint density at radius 2 is 1.53 bits per heavy atom. The predicted octanol–water partition coefficient (Wildman–Crippen LogP) is 4.16. The van der Waals surface area contributed by atoms with E-state index in [0.717, 1.165) is 19.5 Å². The summed E-state index contributed by atoms with van der Waals surface area (Å²) >= 11 is 0. The Bertz CT molecular complexity index is 201. The van der Waals surface area contributed by atoms with Gasteiger partial charge in [-0.2, -0.15) is 0 Å². The van der Waals surface area contributed by atoms with Gasteiger partial charge in [0.25, 0.3) is 0 Å². The minimum atomic E-state index is 0.0652. The van der Waals surface area contributed by atoms with Gasteiger partial charge in [0.05, 0.1) is 0 Å². The Balaban J connectivity index is 3.37. The lowest BCUT2D eigenvalue weighted by molar-refractivity contribution is -0.125. The molecule has 0 N–H and O–H groups in total. The Kier molecular flexibility index (Phi) is 11.1. The van der Waals surface area contributed by atoms with Gasteiger partial charge in [-0.05, 0) is 19.4 Å². The fourth-order valence-corrected chi connectivity index (χ4v) is 1.99. The van der Waals surface area contributed by atoms with E-state index in [1.807, 2.05) is 11.8 Å². The van der Waals surface area contributed by atoms with E-state index < -0.39 is 0 Å². The van der Waals surface area contributed by atoms with Crippen LogP contribution in [0.15, 0.2) is 12.7 Å². The van der Waals surface area contributed by atoms with Crippen molar-refractivity contribution in [2.45, 2.75) is 65.2 Å². The number of rotatable bonds is 11. The molecule has 17 heavy (non-hydrogen) atoms. The Morgan fingerprint density at radius 1 is 1.00 bits per heavy atom. The number of carbonyl (C=O) groups is 1. The van der Waals surface area contributed by atoms with Crippen LogP contribution in [-0.2, 0) is 4.79 Å². The van der Waals surface area contributed by atoms with Crippen molar-refractivity contribution in [3.05, 3.63) is 12.7 Å². The minimum Gasteiger partial charge on any atom is -0.339 e. The molecule has 0 aromatic heterocycles. The zero-order valence-corrected chi connectivity index (χ0v) is 11.7. The smallest absolute Gasteiger partial charge is 0.245 e. The molecule has 1 amide bonds. The van der Waals surface area contributed by atoms with Crippen molar-refractivity contribution >= 4 is 5.91 Å². The molecule has 0 spiro atoms. The first kappa shape index (κ1) is 16.2. The summed E-state index contributed by atoms with van der Waals surface area (Å²) in [5.41, 5.74) is 0. The van der Waals surface area contributed by atoms with Gasteiger partial charge >= 0.3 is 0 Å². The van der Waals surface area contributed by atoms with Crippen molar-refractivity contribution in [3.63, 3.8) is 0 Å². The Hall–Kier alpha value is -0.790. The standard InChI is InChI=1S/C15H29NO/c1-4-7-8-9-10-11-12-13-14-16(6-3)15(17)5-2/h5H,2,4,6-14H2,1,3H3. The van der Waals surface area contributed by atoms with Crippen LogP contribution in [0.1, 0.15) is 65.2 Å². The molecule has 2 heteroatoms. The van der Waals surface area contributed by atoms with E-state index >= 15 is 0 Å². The maximum absolute atomic E-state index is 11.4. The maximum Gasteiger partial charge on any atom is 0.245 e. The third-order valence-corrected chi connectivity index (χ3v) is 3.15. The lowest BCUT2D eigenvalue weighted by Crippen LogP contribution is -2.29. The SMILES string of the molecule is C=CC(=O)N(CC)CCCCCCCCCC. The molecule has 0 heterocycles. The molecule has 0 atom stereocenters. The lowest BCUT2D eigenvalue weighted by atomic mass is 10.1. The van der Waals surface area contributed by atoms with Gasteiger partial charge in [-0.25, -0.2) is 0 Å².